The summed E-state index contributed by atoms with van der Waals surface area (Å²) in [5.41, 5.74) is 1.05. The zero-order valence-corrected chi connectivity index (χ0v) is 12.5. The number of anilines is 2. The highest BCUT2D eigenvalue weighted by Gasteiger charge is 2.02. The van der Waals surface area contributed by atoms with E-state index < -0.39 is 0 Å². The van der Waals surface area contributed by atoms with Gasteiger partial charge in [0.2, 0.25) is 5.95 Å². The van der Waals surface area contributed by atoms with Gasteiger partial charge in [0.1, 0.15) is 0 Å². The fourth-order valence-electron chi connectivity index (χ4n) is 1.99. The molecule has 5 heteroatoms. The molecule has 0 atom stereocenters. The van der Waals surface area contributed by atoms with E-state index in [4.69, 9.17) is 9.47 Å². The molecule has 0 saturated carbocycles. The molecule has 1 aromatic heterocycles. The van der Waals surface area contributed by atoms with Crippen LogP contribution in [0.2, 0.25) is 0 Å². The lowest BCUT2D eigenvalue weighted by molar-refractivity contribution is 0.0684. The Morgan fingerprint density at radius 2 is 1.95 bits per heavy atom. The number of methoxy groups -OCH3 is 1. The minimum absolute atomic E-state index is 0.659. The van der Waals surface area contributed by atoms with Crippen LogP contribution >= 0.6 is 0 Å². The lowest BCUT2D eigenvalue weighted by Gasteiger charge is -2.10. The van der Waals surface area contributed by atoms with Crippen molar-refractivity contribution in [1.29, 1.82) is 0 Å². The van der Waals surface area contributed by atoms with E-state index in [9.17, 15) is 0 Å². The Hall–Kier alpha value is -1.85. The fraction of sp³-hybridized carbons (Fsp3) is 0.438. The number of benzene rings is 1. The lowest BCUT2D eigenvalue weighted by atomic mass is 10.3. The Bertz CT molecular complexity index is 499. The number of nitrogens with zero attached hydrogens (tertiary/aromatic N) is 2. The molecule has 0 aliphatic carbocycles. The summed E-state index contributed by atoms with van der Waals surface area (Å²) in [6, 6.07) is 10.1. The van der Waals surface area contributed by atoms with Crippen molar-refractivity contribution in [3.8, 4) is 0 Å². The maximum atomic E-state index is 5.45. The first-order valence-electron chi connectivity index (χ1n) is 7.30. The van der Waals surface area contributed by atoms with Crippen LogP contribution in [0.15, 0.2) is 42.7 Å². The van der Waals surface area contributed by atoms with Gasteiger partial charge in [-0.05, 0) is 25.0 Å². The number of ether oxygens (including phenoxy) is 2. The second-order valence-corrected chi connectivity index (χ2v) is 4.75. The first-order chi connectivity index (χ1) is 10.4. The SMILES string of the molecule is COCCOCCCCn1ccnc1Nc1ccccc1. The molecule has 0 amide bonds. The minimum Gasteiger partial charge on any atom is -0.382 e. The van der Waals surface area contributed by atoms with Crippen LogP contribution in [0.4, 0.5) is 11.6 Å². The van der Waals surface area contributed by atoms with Crippen LogP contribution in [0.25, 0.3) is 0 Å². The van der Waals surface area contributed by atoms with Crippen molar-refractivity contribution in [3.63, 3.8) is 0 Å². The molecule has 0 bridgehead atoms. The van der Waals surface area contributed by atoms with Gasteiger partial charge >= 0.3 is 0 Å². The molecular weight excluding hydrogens is 266 g/mol. The van der Waals surface area contributed by atoms with E-state index >= 15 is 0 Å². The predicted octanol–water partition coefficient (Wildman–Crippen LogP) is 3.07. The molecule has 1 aromatic carbocycles. The van der Waals surface area contributed by atoms with E-state index in [0.717, 1.165) is 37.6 Å². The summed E-state index contributed by atoms with van der Waals surface area (Å²) in [4.78, 5) is 4.35. The van der Waals surface area contributed by atoms with E-state index in [0.29, 0.717) is 13.2 Å². The van der Waals surface area contributed by atoms with Gasteiger partial charge in [0.25, 0.3) is 0 Å². The standard InChI is InChI=1S/C16H23N3O2/c1-20-13-14-21-12-6-5-10-19-11-9-17-16(19)18-15-7-3-2-4-8-15/h2-4,7-9,11H,5-6,10,12-14H2,1H3,(H,17,18). The van der Waals surface area contributed by atoms with Crippen molar-refractivity contribution in [3.05, 3.63) is 42.7 Å². The first-order valence-corrected chi connectivity index (χ1v) is 7.30. The molecule has 5 nitrogen and oxygen atoms in total. The Kier molecular flexibility index (Phi) is 6.77. The Labute approximate surface area is 125 Å². The molecule has 0 spiro atoms. The van der Waals surface area contributed by atoms with Gasteiger partial charge < -0.3 is 19.4 Å². The third-order valence-corrected chi connectivity index (χ3v) is 3.11. The lowest BCUT2D eigenvalue weighted by Crippen LogP contribution is -2.06. The van der Waals surface area contributed by atoms with Crippen LogP contribution in [-0.2, 0) is 16.0 Å². The number of para-hydroxylation sites is 1. The second-order valence-electron chi connectivity index (χ2n) is 4.75. The molecular formula is C16H23N3O2. The zero-order valence-electron chi connectivity index (χ0n) is 12.5. The molecule has 0 radical (unpaired) electrons. The molecule has 1 N–H and O–H groups in total. The number of hydrogen-bond acceptors (Lipinski definition) is 4. The van der Waals surface area contributed by atoms with Crippen LogP contribution < -0.4 is 5.32 Å². The molecule has 0 fully saturated rings. The van der Waals surface area contributed by atoms with E-state index in [1.165, 1.54) is 0 Å². The summed E-state index contributed by atoms with van der Waals surface area (Å²) in [6.45, 7) is 3.04. The Balaban J connectivity index is 1.71. The average molecular weight is 289 g/mol. The summed E-state index contributed by atoms with van der Waals surface area (Å²) >= 11 is 0. The van der Waals surface area contributed by atoms with Gasteiger partial charge in [-0.1, -0.05) is 18.2 Å². The average Bonchev–Trinajstić information content (AvgIpc) is 2.95. The summed E-state index contributed by atoms with van der Waals surface area (Å²) in [7, 11) is 1.68. The normalized spacial score (nSPS) is 10.7. The van der Waals surface area contributed by atoms with E-state index in [-0.39, 0.29) is 0 Å². The largest absolute Gasteiger partial charge is 0.382 e. The number of aromatic nitrogens is 2. The van der Waals surface area contributed by atoms with E-state index in [1.807, 2.05) is 42.7 Å². The number of hydrogen-bond donors (Lipinski definition) is 1. The number of nitrogens with one attached hydrogen (secondary N) is 1. The van der Waals surface area contributed by atoms with Crippen molar-refractivity contribution >= 4 is 11.6 Å². The van der Waals surface area contributed by atoms with Crippen molar-refractivity contribution in [2.45, 2.75) is 19.4 Å². The monoisotopic (exact) mass is 289 g/mol. The summed E-state index contributed by atoms with van der Waals surface area (Å²) in [5, 5.41) is 3.33. The van der Waals surface area contributed by atoms with Crippen LogP contribution in [-0.4, -0.2) is 36.5 Å². The highest BCUT2D eigenvalue weighted by Crippen LogP contribution is 2.14. The topological polar surface area (TPSA) is 48.3 Å². The smallest absolute Gasteiger partial charge is 0.207 e. The molecule has 0 saturated heterocycles. The van der Waals surface area contributed by atoms with E-state index in [1.54, 1.807) is 7.11 Å². The summed E-state index contributed by atoms with van der Waals surface area (Å²) < 4.78 is 12.5. The number of aryl methyl sites for hydroxylation is 1. The summed E-state index contributed by atoms with van der Waals surface area (Å²) in [5.74, 6) is 0.876. The predicted molar refractivity (Wildman–Crippen MR) is 83.9 cm³/mol. The van der Waals surface area contributed by atoms with Gasteiger partial charge in [-0.25, -0.2) is 4.98 Å². The minimum atomic E-state index is 0.659. The van der Waals surface area contributed by atoms with Crippen molar-refractivity contribution in [2.75, 3.05) is 32.2 Å². The molecule has 0 aliphatic heterocycles. The van der Waals surface area contributed by atoms with Gasteiger partial charge in [-0.2, -0.15) is 0 Å². The van der Waals surface area contributed by atoms with Crippen molar-refractivity contribution in [2.24, 2.45) is 0 Å². The highest BCUT2D eigenvalue weighted by molar-refractivity contribution is 5.52. The summed E-state index contributed by atoms with van der Waals surface area (Å²) in [6.07, 6.45) is 5.91. The van der Waals surface area contributed by atoms with Gasteiger partial charge in [0.15, 0.2) is 0 Å². The van der Waals surface area contributed by atoms with Crippen molar-refractivity contribution in [1.82, 2.24) is 9.55 Å². The fourth-order valence-corrected chi connectivity index (χ4v) is 1.99. The van der Waals surface area contributed by atoms with Crippen LogP contribution in [0.5, 0.6) is 0 Å². The Morgan fingerprint density at radius 1 is 1.10 bits per heavy atom. The maximum Gasteiger partial charge on any atom is 0.207 e. The quantitative estimate of drug-likeness (QED) is 0.683. The maximum absolute atomic E-state index is 5.45. The molecule has 0 aliphatic rings. The van der Waals surface area contributed by atoms with Gasteiger partial charge in [0, 0.05) is 38.3 Å². The molecule has 1 heterocycles. The van der Waals surface area contributed by atoms with Gasteiger partial charge in [0.05, 0.1) is 13.2 Å². The molecule has 21 heavy (non-hydrogen) atoms. The van der Waals surface area contributed by atoms with Gasteiger partial charge in [-0.15, -0.1) is 0 Å². The molecule has 2 aromatic rings. The van der Waals surface area contributed by atoms with Crippen LogP contribution in [0.3, 0.4) is 0 Å². The third kappa shape index (κ3) is 5.57. The number of imidazole rings is 1. The second kappa shape index (κ2) is 9.15. The Morgan fingerprint density at radius 3 is 2.76 bits per heavy atom. The molecule has 2 rings (SSSR count). The van der Waals surface area contributed by atoms with Gasteiger partial charge in [-0.3, -0.25) is 0 Å². The van der Waals surface area contributed by atoms with Crippen LogP contribution in [0.1, 0.15) is 12.8 Å². The number of rotatable bonds is 10. The van der Waals surface area contributed by atoms with E-state index in [2.05, 4.69) is 14.9 Å². The molecule has 0 unspecified atom stereocenters. The third-order valence-electron chi connectivity index (χ3n) is 3.11. The highest BCUT2D eigenvalue weighted by atomic mass is 16.5. The number of unbranched alkanes of at least 4 members (excludes halogenated alkanes) is 1. The van der Waals surface area contributed by atoms with Crippen molar-refractivity contribution < 1.29 is 9.47 Å². The molecule has 114 valence electrons. The van der Waals surface area contributed by atoms with Crippen LogP contribution in [0, 0.1) is 0 Å². The zero-order chi connectivity index (χ0) is 14.8. The first kappa shape index (κ1) is 15.5.